The summed E-state index contributed by atoms with van der Waals surface area (Å²) in [6, 6.07) is 0. The van der Waals surface area contributed by atoms with Crippen molar-refractivity contribution in [2.45, 2.75) is 97.1 Å². The number of unbranched alkanes of at least 4 members (excludes halogenated alkanes) is 5. The summed E-state index contributed by atoms with van der Waals surface area (Å²) in [5.41, 5.74) is 0.598. The standard InChI is InChI=1S/C17H34N2O2/c1-6-7-8-9-10-11-12-21-19-16(2,3)13-15(18-20)14-17(19,4)5/h20H,6-14H2,1-5H3. The zero-order valence-corrected chi connectivity index (χ0v) is 14.6. The van der Waals surface area contributed by atoms with Crippen LogP contribution in [0.5, 0.6) is 0 Å². The van der Waals surface area contributed by atoms with Crippen molar-refractivity contribution in [1.29, 1.82) is 0 Å². The first-order valence-electron chi connectivity index (χ1n) is 8.46. The Labute approximate surface area is 130 Å². The van der Waals surface area contributed by atoms with Gasteiger partial charge in [-0.25, -0.2) is 0 Å². The van der Waals surface area contributed by atoms with Crippen LogP contribution in [0, 0.1) is 0 Å². The van der Waals surface area contributed by atoms with Crippen LogP contribution in [-0.4, -0.2) is 33.7 Å². The molecular formula is C17H34N2O2. The van der Waals surface area contributed by atoms with Crippen LogP contribution < -0.4 is 0 Å². The van der Waals surface area contributed by atoms with E-state index in [0.29, 0.717) is 0 Å². The molecular weight excluding hydrogens is 264 g/mol. The van der Waals surface area contributed by atoms with Gasteiger partial charge in [0.05, 0.1) is 12.3 Å². The first-order valence-corrected chi connectivity index (χ1v) is 8.46. The van der Waals surface area contributed by atoms with Gasteiger partial charge < -0.3 is 5.21 Å². The minimum Gasteiger partial charge on any atom is -0.411 e. The molecule has 0 atom stereocenters. The van der Waals surface area contributed by atoms with E-state index in [0.717, 1.165) is 31.6 Å². The second-order valence-electron chi connectivity index (χ2n) is 7.54. The highest BCUT2D eigenvalue weighted by Crippen LogP contribution is 2.37. The summed E-state index contributed by atoms with van der Waals surface area (Å²) in [6.45, 7) is 11.6. The van der Waals surface area contributed by atoms with Gasteiger partial charge in [0.15, 0.2) is 0 Å². The van der Waals surface area contributed by atoms with Gasteiger partial charge in [-0.15, -0.1) is 0 Å². The molecule has 0 aromatic rings. The molecule has 0 amide bonds. The Morgan fingerprint density at radius 3 is 2.05 bits per heavy atom. The number of nitrogens with zero attached hydrogens (tertiary/aromatic N) is 2. The lowest BCUT2D eigenvalue weighted by atomic mass is 9.81. The number of hydrogen-bond acceptors (Lipinski definition) is 4. The lowest BCUT2D eigenvalue weighted by molar-refractivity contribution is -0.268. The van der Waals surface area contributed by atoms with E-state index < -0.39 is 0 Å². The lowest BCUT2D eigenvalue weighted by Gasteiger charge is -2.51. The molecule has 1 heterocycles. The van der Waals surface area contributed by atoms with Crippen molar-refractivity contribution in [1.82, 2.24) is 5.06 Å². The Kier molecular flexibility index (Phi) is 7.14. The number of hydrogen-bond donors (Lipinski definition) is 1. The minimum absolute atomic E-state index is 0.133. The Balaban J connectivity index is 2.42. The maximum Gasteiger partial charge on any atom is 0.0685 e. The van der Waals surface area contributed by atoms with Gasteiger partial charge in [-0.2, -0.15) is 5.06 Å². The van der Waals surface area contributed by atoms with Crippen LogP contribution in [0.2, 0.25) is 0 Å². The van der Waals surface area contributed by atoms with Crippen LogP contribution >= 0.6 is 0 Å². The topological polar surface area (TPSA) is 45.1 Å². The molecule has 124 valence electrons. The monoisotopic (exact) mass is 298 g/mol. The fourth-order valence-corrected chi connectivity index (χ4v) is 3.48. The van der Waals surface area contributed by atoms with Crippen LogP contribution in [-0.2, 0) is 4.84 Å². The van der Waals surface area contributed by atoms with Crippen molar-refractivity contribution in [2.75, 3.05) is 6.61 Å². The molecule has 4 nitrogen and oxygen atoms in total. The Bertz CT molecular complexity index is 318. The predicted octanol–water partition coefficient (Wildman–Crippen LogP) is 4.76. The normalized spacial score (nSPS) is 21.5. The largest absolute Gasteiger partial charge is 0.411 e. The van der Waals surface area contributed by atoms with Crippen molar-refractivity contribution < 1.29 is 10.0 Å². The van der Waals surface area contributed by atoms with E-state index in [4.69, 9.17) is 10.0 Å². The third-order valence-corrected chi connectivity index (χ3v) is 4.23. The third-order valence-electron chi connectivity index (χ3n) is 4.23. The van der Waals surface area contributed by atoms with E-state index in [1.807, 2.05) is 0 Å². The summed E-state index contributed by atoms with van der Waals surface area (Å²) in [5, 5.41) is 14.7. The highest BCUT2D eigenvalue weighted by molar-refractivity contribution is 5.86. The highest BCUT2D eigenvalue weighted by Gasteiger charge is 2.45. The molecule has 1 N–H and O–H groups in total. The fraction of sp³-hybridized carbons (Fsp3) is 0.941. The molecule has 1 rings (SSSR count). The van der Waals surface area contributed by atoms with Crippen molar-refractivity contribution in [3.63, 3.8) is 0 Å². The maximum atomic E-state index is 9.09. The van der Waals surface area contributed by atoms with Gasteiger partial charge in [-0.3, -0.25) is 4.84 Å². The molecule has 0 radical (unpaired) electrons. The van der Waals surface area contributed by atoms with Gasteiger partial charge in [-0.1, -0.05) is 44.2 Å². The molecule has 0 aromatic heterocycles. The molecule has 1 saturated heterocycles. The number of rotatable bonds is 8. The molecule has 1 aliphatic rings. The molecule has 0 spiro atoms. The first-order chi connectivity index (χ1) is 9.83. The first kappa shape index (κ1) is 18.4. The molecule has 0 unspecified atom stereocenters. The Morgan fingerprint density at radius 1 is 1.00 bits per heavy atom. The zero-order valence-electron chi connectivity index (χ0n) is 14.6. The van der Waals surface area contributed by atoms with Crippen LogP contribution in [0.1, 0.15) is 86.0 Å². The number of piperidine rings is 1. The van der Waals surface area contributed by atoms with Crippen LogP contribution in [0.4, 0.5) is 0 Å². The lowest BCUT2D eigenvalue weighted by Crippen LogP contribution is -2.60. The summed E-state index contributed by atoms with van der Waals surface area (Å²) < 4.78 is 0. The summed E-state index contributed by atoms with van der Waals surface area (Å²) in [6.07, 6.45) is 9.16. The molecule has 0 aromatic carbocycles. The highest BCUT2D eigenvalue weighted by atomic mass is 16.7. The second-order valence-corrected chi connectivity index (χ2v) is 7.54. The van der Waals surface area contributed by atoms with Crippen molar-refractivity contribution in [3.05, 3.63) is 0 Å². The van der Waals surface area contributed by atoms with Crippen molar-refractivity contribution in [2.24, 2.45) is 5.16 Å². The quantitative estimate of drug-likeness (QED) is 0.399. The SMILES string of the molecule is CCCCCCCCON1C(C)(C)CC(=NO)CC1(C)C. The smallest absolute Gasteiger partial charge is 0.0685 e. The van der Waals surface area contributed by atoms with E-state index >= 15 is 0 Å². The van der Waals surface area contributed by atoms with Crippen molar-refractivity contribution in [3.8, 4) is 0 Å². The van der Waals surface area contributed by atoms with Crippen LogP contribution in [0.15, 0.2) is 5.16 Å². The van der Waals surface area contributed by atoms with Gasteiger partial charge in [0.2, 0.25) is 0 Å². The van der Waals surface area contributed by atoms with E-state index in [2.05, 4.69) is 44.8 Å². The van der Waals surface area contributed by atoms with E-state index in [1.165, 1.54) is 32.1 Å². The Morgan fingerprint density at radius 2 is 1.52 bits per heavy atom. The van der Waals surface area contributed by atoms with E-state index in [-0.39, 0.29) is 11.1 Å². The molecule has 0 bridgehead atoms. The molecule has 4 heteroatoms. The third kappa shape index (κ3) is 5.59. The van der Waals surface area contributed by atoms with Gasteiger partial charge in [0, 0.05) is 23.9 Å². The average Bonchev–Trinajstić information content (AvgIpc) is 2.38. The maximum absolute atomic E-state index is 9.09. The molecule has 1 aliphatic heterocycles. The van der Waals surface area contributed by atoms with Gasteiger partial charge >= 0.3 is 0 Å². The number of oxime groups is 1. The summed E-state index contributed by atoms with van der Waals surface area (Å²) >= 11 is 0. The van der Waals surface area contributed by atoms with E-state index in [9.17, 15) is 0 Å². The number of hydroxylamine groups is 2. The minimum atomic E-state index is -0.133. The summed E-state index contributed by atoms with van der Waals surface area (Å²) in [5.74, 6) is 0. The van der Waals surface area contributed by atoms with Crippen LogP contribution in [0.3, 0.4) is 0 Å². The molecule has 1 fully saturated rings. The molecule has 0 aliphatic carbocycles. The van der Waals surface area contributed by atoms with Gasteiger partial charge in [-0.05, 0) is 34.1 Å². The zero-order chi connectivity index (χ0) is 15.9. The molecule has 21 heavy (non-hydrogen) atoms. The van der Waals surface area contributed by atoms with Crippen molar-refractivity contribution >= 4 is 5.71 Å². The fourth-order valence-electron chi connectivity index (χ4n) is 3.48. The average molecular weight is 298 g/mol. The second kappa shape index (κ2) is 8.14. The van der Waals surface area contributed by atoms with Gasteiger partial charge in [0.1, 0.15) is 0 Å². The van der Waals surface area contributed by atoms with E-state index in [1.54, 1.807) is 0 Å². The molecule has 0 saturated carbocycles. The summed E-state index contributed by atoms with van der Waals surface area (Å²) in [7, 11) is 0. The summed E-state index contributed by atoms with van der Waals surface area (Å²) in [4.78, 5) is 6.11. The van der Waals surface area contributed by atoms with Gasteiger partial charge in [0.25, 0.3) is 0 Å². The predicted molar refractivity (Wildman–Crippen MR) is 87.8 cm³/mol. The Hall–Kier alpha value is -0.610. The van der Waals surface area contributed by atoms with Crippen LogP contribution in [0.25, 0.3) is 0 Å².